The van der Waals surface area contributed by atoms with Gasteiger partial charge in [-0.15, -0.1) is 0 Å². The van der Waals surface area contributed by atoms with E-state index >= 15 is 0 Å². The van der Waals surface area contributed by atoms with Gasteiger partial charge >= 0.3 is 24.0 Å². The number of carboxylic acids is 2. The Morgan fingerprint density at radius 2 is 1.55 bits per heavy atom. The highest BCUT2D eigenvalue weighted by Gasteiger charge is 2.67. The maximum Gasteiger partial charge on any atom is 0.438 e. The number of fused-ring (bicyclic) bond motifs is 1. The van der Waals surface area contributed by atoms with E-state index < -0.39 is 54.3 Å². The lowest BCUT2D eigenvalue weighted by Gasteiger charge is -2.53. The van der Waals surface area contributed by atoms with Crippen molar-refractivity contribution in [3.63, 3.8) is 0 Å². The fourth-order valence-corrected chi connectivity index (χ4v) is 7.04. The maximum atomic E-state index is 14.6. The predicted molar refractivity (Wildman–Crippen MR) is 192 cm³/mol. The summed E-state index contributed by atoms with van der Waals surface area (Å²) in [5.41, 5.74) is 0.290. The van der Waals surface area contributed by atoms with Crippen LogP contribution in [0.2, 0.25) is 0 Å². The number of hydrogen-bond acceptors (Lipinski definition) is 14. The molecule has 298 valence electrons. The molecule has 0 bridgehead atoms. The second kappa shape index (κ2) is 16.3. The van der Waals surface area contributed by atoms with Crippen LogP contribution >= 0.6 is 0 Å². The number of hydrogen-bond donors (Lipinski definition) is 2. The van der Waals surface area contributed by atoms with Gasteiger partial charge in [-0.3, -0.25) is 14.4 Å². The zero-order valence-electron chi connectivity index (χ0n) is 31.3. The van der Waals surface area contributed by atoms with Crippen LogP contribution in [0.4, 0.5) is 4.79 Å². The Bertz CT molecular complexity index is 2000. The van der Waals surface area contributed by atoms with Crippen LogP contribution in [0.1, 0.15) is 42.9 Å². The molecule has 0 aromatic heterocycles. The average Bonchev–Trinajstić information content (AvgIpc) is 3.80. The molecule has 3 aliphatic heterocycles. The molecule has 3 aliphatic rings. The highest BCUT2D eigenvalue weighted by Crippen LogP contribution is 2.51. The van der Waals surface area contributed by atoms with E-state index in [-0.39, 0.29) is 32.8 Å². The van der Waals surface area contributed by atoms with Crippen molar-refractivity contribution in [1.29, 1.82) is 0 Å². The van der Waals surface area contributed by atoms with Crippen molar-refractivity contribution in [3.05, 3.63) is 76.9 Å². The molecule has 0 radical (unpaired) electrons. The summed E-state index contributed by atoms with van der Waals surface area (Å²) >= 11 is 0. The molecule has 1 amide bonds. The van der Waals surface area contributed by atoms with Crippen LogP contribution in [0, 0.1) is 0 Å². The summed E-state index contributed by atoms with van der Waals surface area (Å²) in [5.74, 6) is -3.32. The zero-order valence-corrected chi connectivity index (χ0v) is 31.3. The number of hydroxylamine groups is 2. The van der Waals surface area contributed by atoms with Crippen molar-refractivity contribution >= 4 is 29.6 Å². The van der Waals surface area contributed by atoms with Crippen molar-refractivity contribution in [2.45, 2.75) is 50.0 Å². The minimum Gasteiger partial charge on any atom is -0.497 e. The van der Waals surface area contributed by atoms with Crippen molar-refractivity contribution < 1.29 is 76.9 Å². The van der Waals surface area contributed by atoms with Crippen LogP contribution in [0.5, 0.6) is 34.5 Å². The van der Waals surface area contributed by atoms with Crippen molar-refractivity contribution in [2.24, 2.45) is 0 Å². The second-order valence-corrected chi connectivity index (χ2v) is 12.8. The number of aliphatic carboxylic acids is 2. The number of carbonyl (C=O) groups is 4. The molecular formula is C39H41NO16. The number of carbonyl (C=O) groups excluding carboxylic acids is 2. The molecule has 2 N–H and O–H groups in total. The van der Waals surface area contributed by atoms with Crippen LogP contribution in [-0.4, -0.2) is 99.4 Å². The van der Waals surface area contributed by atoms with Gasteiger partial charge in [-0.25, -0.2) is 9.59 Å². The Labute approximate surface area is 321 Å². The van der Waals surface area contributed by atoms with Crippen LogP contribution < -0.4 is 28.4 Å². The molecule has 17 heteroatoms. The highest BCUT2D eigenvalue weighted by molar-refractivity contribution is 5.92. The van der Waals surface area contributed by atoms with Crippen LogP contribution in [0.25, 0.3) is 5.57 Å². The van der Waals surface area contributed by atoms with Crippen molar-refractivity contribution in [3.8, 4) is 34.5 Å². The van der Waals surface area contributed by atoms with Gasteiger partial charge in [0, 0.05) is 24.0 Å². The third-order valence-electron chi connectivity index (χ3n) is 9.67. The highest BCUT2D eigenvalue weighted by atomic mass is 16.8. The molecule has 0 spiro atoms. The Morgan fingerprint density at radius 3 is 2.16 bits per heavy atom. The molecule has 0 aliphatic carbocycles. The fourth-order valence-electron chi connectivity index (χ4n) is 7.04. The van der Waals surface area contributed by atoms with Crippen molar-refractivity contribution in [1.82, 2.24) is 5.06 Å². The third-order valence-corrected chi connectivity index (χ3v) is 9.67. The van der Waals surface area contributed by atoms with Gasteiger partial charge in [-0.05, 0) is 78.6 Å². The van der Waals surface area contributed by atoms with Crippen molar-refractivity contribution in [2.75, 3.05) is 48.4 Å². The first-order chi connectivity index (χ1) is 26.9. The van der Waals surface area contributed by atoms with E-state index in [1.807, 2.05) is 0 Å². The lowest BCUT2D eigenvalue weighted by atomic mass is 9.82. The Balaban J connectivity index is 1.53. The fraction of sp³-hybridized carbons (Fsp3) is 0.385. The van der Waals surface area contributed by atoms with Gasteiger partial charge in [0.25, 0.3) is 5.79 Å². The minimum absolute atomic E-state index is 0.0296. The zero-order chi connectivity index (χ0) is 40.2. The van der Waals surface area contributed by atoms with Crippen LogP contribution in [0.3, 0.4) is 0 Å². The van der Waals surface area contributed by atoms with Gasteiger partial charge in [0.05, 0.1) is 48.1 Å². The molecule has 0 saturated carbocycles. The van der Waals surface area contributed by atoms with E-state index in [0.717, 1.165) is 0 Å². The first kappa shape index (κ1) is 39.5. The Hall–Kier alpha value is -6.20. The van der Waals surface area contributed by atoms with Crippen LogP contribution in [0.15, 0.2) is 60.2 Å². The lowest BCUT2D eigenvalue weighted by molar-refractivity contribution is -0.359. The number of nitrogens with zero attached hydrogens (tertiary/aromatic N) is 1. The van der Waals surface area contributed by atoms with E-state index in [0.29, 0.717) is 67.4 Å². The molecule has 3 aromatic carbocycles. The van der Waals surface area contributed by atoms with Gasteiger partial charge < -0.3 is 52.8 Å². The number of carboxylic acid groups (broad SMARTS) is 2. The summed E-state index contributed by atoms with van der Waals surface area (Å²) < 4.78 is 51.6. The monoisotopic (exact) mass is 779 g/mol. The number of amides is 1. The quantitative estimate of drug-likeness (QED) is 0.189. The second-order valence-electron chi connectivity index (χ2n) is 12.8. The number of rotatable bonds is 16. The van der Waals surface area contributed by atoms with Crippen LogP contribution in [-0.2, 0) is 45.6 Å². The van der Waals surface area contributed by atoms with E-state index in [9.17, 15) is 29.4 Å². The Kier molecular flexibility index (Phi) is 11.5. The lowest BCUT2D eigenvalue weighted by Crippen LogP contribution is -2.75. The van der Waals surface area contributed by atoms with Gasteiger partial charge in [0.15, 0.2) is 23.0 Å². The number of ether oxygens (including phenoxy) is 9. The largest absolute Gasteiger partial charge is 0.497 e. The summed E-state index contributed by atoms with van der Waals surface area (Å²) in [6.07, 6.45) is -4.41. The maximum absolute atomic E-state index is 14.6. The van der Waals surface area contributed by atoms with E-state index in [1.165, 1.54) is 35.4 Å². The molecule has 1 saturated heterocycles. The smallest absolute Gasteiger partial charge is 0.438 e. The minimum atomic E-state index is -2.28. The molecule has 17 nitrogen and oxygen atoms in total. The first-order valence-electron chi connectivity index (χ1n) is 17.4. The van der Waals surface area contributed by atoms with Gasteiger partial charge in [-0.1, -0.05) is 6.07 Å². The van der Waals surface area contributed by atoms with E-state index in [1.54, 1.807) is 54.6 Å². The normalized spacial score (nSPS) is 20.9. The number of methoxy groups -OCH3 is 4. The molecule has 6 rings (SSSR count). The topological polar surface area (TPSA) is 204 Å². The molecular weight excluding hydrogens is 738 g/mol. The summed E-state index contributed by atoms with van der Waals surface area (Å²) in [6.45, 7) is 1.25. The molecule has 3 heterocycles. The van der Waals surface area contributed by atoms with E-state index in [2.05, 4.69) is 0 Å². The van der Waals surface area contributed by atoms with Gasteiger partial charge in [-0.2, -0.15) is 5.06 Å². The SMILES string of the molecule is CCOC(=O)C1(CC(=O)O)C(CCC(=O)O)ON1C(=O)OC1(c2ccc(OC)cc2)OCC(c2ccc3c(c2)OCO3)=C1Cc1cc(OC)c(OC)c(OC)c1. The number of esters is 1. The molecule has 56 heavy (non-hydrogen) atoms. The summed E-state index contributed by atoms with van der Waals surface area (Å²) in [4.78, 5) is 57.8. The predicted octanol–water partition coefficient (Wildman–Crippen LogP) is 4.72. The third kappa shape index (κ3) is 7.17. The molecule has 3 atom stereocenters. The number of benzene rings is 3. The Morgan fingerprint density at radius 1 is 0.857 bits per heavy atom. The van der Waals surface area contributed by atoms with Gasteiger partial charge in [0.1, 0.15) is 11.9 Å². The van der Waals surface area contributed by atoms with E-state index in [4.69, 9.17) is 47.5 Å². The first-order valence-corrected chi connectivity index (χ1v) is 17.4. The summed E-state index contributed by atoms with van der Waals surface area (Å²) in [5, 5.41) is 19.9. The molecule has 3 aromatic rings. The molecule has 1 fully saturated rings. The standard InChI is InChI=1S/C39H41NO16/c1-6-51-36(45)38(19-34(43)44)32(13-14-33(41)42)56-40(38)37(46)55-39(24-8-10-25(47-2)11-9-24)27(15-22-16-30(48-3)35(50-5)31(17-22)49-4)26(20-54-39)23-7-12-28-29(18-23)53-21-52-28/h7-12,16-18,32H,6,13-15,19-21H2,1-5H3,(H,41,42)(H,43,44). The molecule has 3 unspecified atom stereocenters. The summed E-state index contributed by atoms with van der Waals surface area (Å²) in [7, 11) is 5.92. The average molecular weight is 780 g/mol. The summed E-state index contributed by atoms with van der Waals surface area (Å²) in [6, 6.07) is 15.3. The van der Waals surface area contributed by atoms with Gasteiger partial charge in [0.2, 0.25) is 18.1 Å².